The Bertz CT molecular complexity index is 917. The number of amides is 1. The number of thiophene rings is 1. The maximum Gasteiger partial charge on any atom is 0.264 e. The number of carbonyl (C=O) groups is 1. The molecule has 1 aliphatic heterocycles. The van der Waals surface area contributed by atoms with Gasteiger partial charge >= 0.3 is 0 Å². The number of benzene rings is 1. The molecule has 1 amide bonds. The van der Waals surface area contributed by atoms with E-state index in [4.69, 9.17) is 20.9 Å². The fraction of sp³-hybridized carbons (Fsp3) is 0.235. The van der Waals surface area contributed by atoms with Crippen molar-refractivity contribution in [3.8, 4) is 17.1 Å². The van der Waals surface area contributed by atoms with Crippen molar-refractivity contribution in [1.29, 1.82) is 0 Å². The van der Waals surface area contributed by atoms with Crippen molar-refractivity contribution in [2.75, 3.05) is 20.2 Å². The van der Waals surface area contributed by atoms with Crippen LogP contribution in [-0.2, 0) is 0 Å². The van der Waals surface area contributed by atoms with Gasteiger partial charge < -0.3 is 14.2 Å². The smallest absolute Gasteiger partial charge is 0.264 e. The Morgan fingerprint density at radius 1 is 1.32 bits per heavy atom. The normalized spacial score (nSPS) is 14.4. The molecule has 8 heteroatoms. The van der Waals surface area contributed by atoms with E-state index < -0.39 is 0 Å². The highest BCUT2D eigenvalue weighted by atomic mass is 35.5. The Labute approximate surface area is 153 Å². The molecule has 3 aromatic rings. The number of likely N-dealkylation sites (tertiary alicyclic amines) is 1. The Morgan fingerprint density at radius 3 is 2.84 bits per heavy atom. The van der Waals surface area contributed by atoms with Crippen molar-refractivity contribution in [2.45, 2.75) is 5.92 Å². The second-order valence-electron chi connectivity index (χ2n) is 5.67. The van der Waals surface area contributed by atoms with Crippen LogP contribution < -0.4 is 4.74 Å². The fourth-order valence-electron chi connectivity index (χ4n) is 2.73. The van der Waals surface area contributed by atoms with Gasteiger partial charge in [-0.1, -0.05) is 28.9 Å². The molecule has 0 unspecified atom stereocenters. The Hall–Kier alpha value is -2.38. The minimum absolute atomic E-state index is 0.0161. The Balaban J connectivity index is 1.45. The molecule has 1 saturated heterocycles. The standard InChI is InChI=1S/C17H14ClN3O3S/c1-23-12-5-3-2-4-11(12)15-19-16(24-20-15)10-8-21(9-10)17(22)13-6-7-14(18)25-13/h2-7,10H,8-9H2,1H3. The van der Waals surface area contributed by atoms with Crippen LogP contribution in [0.1, 0.15) is 21.5 Å². The lowest BCUT2D eigenvalue weighted by molar-refractivity contribution is 0.0574. The van der Waals surface area contributed by atoms with Crippen LogP contribution in [0.3, 0.4) is 0 Å². The summed E-state index contributed by atoms with van der Waals surface area (Å²) in [5.41, 5.74) is 0.778. The average molecular weight is 376 g/mol. The zero-order valence-corrected chi connectivity index (χ0v) is 14.9. The van der Waals surface area contributed by atoms with Gasteiger partial charge in [-0.2, -0.15) is 4.98 Å². The summed E-state index contributed by atoms with van der Waals surface area (Å²) in [6, 6.07) is 11.0. The first kappa shape index (κ1) is 16.1. The summed E-state index contributed by atoms with van der Waals surface area (Å²) in [6.07, 6.45) is 0. The number of para-hydroxylation sites is 1. The molecule has 1 fully saturated rings. The third-order valence-electron chi connectivity index (χ3n) is 4.09. The molecule has 0 radical (unpaired) electrons. The summed E-state index contributed by atoms with van der Waals surface area (Å²) >= 11 is 7.17. The minimum atomic E-state index is -0.0161. The molecule has 128 valence electrons. The van der Waals surface area contributed by atoms with Crippen molar-refractivity contribution in [1.82, 2.24) is 15.0 Å². The summed E-state index contributed by atoms with van der Waals surface area (Å²) in [6.45, 7) is 1.11. The van der Waals surface area contributed by atoms with Crippen LogP contribution in [0.2, 0.25) is 4.34 Å². The summed E-state index contributed by atoms with van der Waals surface area (Å²) < 4.78 is 11.3. The number of hydrogen-bond donors (Lipinski definition) is 0. The molecule has 1 aliphatic rings. The first-order valence-electron chi connectivity index (χ1n) is 7.67. The van der Waals surface area contributed by atoms with Crippen molar-refractivity contribution in [3.05, 3.63) is 51.5 Å². The van der Waals surface area contributed by atoms with Crippen LogP contribution in [0.5, 0.6) is 5.75 Å². The Kier molecular flexibility index (Phi) is 4.19. The predicted molar refractivity (Wildman–Crippen MR) is 94.3 cm³/mol. The van der Waals surface area contributed by atoms with E-state index in [1.165, 1.54) is 11.3 Å². The van der Waals surface area contributed by atoms with Gasteiger partial charge in [-0.25, -0.2) is 0 Å². The predicted octanol–water partition coefficient (Wildman–Crippen LogP) is 3.70. The molecule has 0 aliphatic carbocycles. The van der Waals surface area contributed by atoms with Crippen LogP contribution in [0, 0.1) is 0 Å². The lowest BCUT2D eigenvalue weighted by Gasteiger charge is -2.36. The van der Waals surface area contributed by atoms with Crippen molar-refractivity contribution in [2.24, 2.45) is 0 Å². The largest absolute Gasteiger partial charge is 0.496 e. The minimum Gasteiger partial charge on any atom is -0.496 e. The van der Waals surface area contributed by atoms with E-state index in [0.717, 1.165) is 5.56 Å². The lowest BCUT2D eigenvalue weighted by Crippen LogP contribution is -2.48. The van der Waals surface area contributed by atoms with Crippen molar-refractivity contribution in [3.63, 3.8) is 0 Å². The molecule has 6 nitrogen and oxygen atoms in total. The van der Waals surface area contributed by atoms with E-state index in [-0.39, 0.29) is 11.8 Å². The van der Waals surface area contributed by atoms with Gasteiger partial charge in [-0.3, -0.25) is 4.79 Å². The van der Waals surface area contributed by atoms with E-state index in [1.54, 1.807) is 24.1 Å². The van der Waals surface area contributed by atoms with Crippen molar-refractivity contribution < 1.29 is 14.1 Å². The van der Waals surface area contributed by atoms with Gasteiger partial charge in [0.2, 0.25) is 11.7 Å². The van der Waals surface area contributed by atoms with Crippen LogP contribution in [-0.4, -0.2) is 41.1 Å². The number of carbonyl (C=O) groups excluding carboxylic acids is 1. The third kappa shape index (κ3) is 3.01. The van der Waals surface area contributed by atoms with Gasteiger partial charge in [0.1, 0.15) is 5.75 Å². The SMILES string of the molecule is COc1ccccc1-c1noc(C2CN(C(=O)c3ccc(Cl)s3)C2)n1. The molecule has 0 atom stereocenters. The number of rotatable bonds is 4. The highest BCUT2D eigenvalue weighted by molar-refractivity contribution is 7.17. The van der Waals surface area contributed by atoms with Crippen LogP contribution >= 0.6 is 22.9 Å². The summed E-state index contributed by atoms with van der Waals surface area (Å²) in [5, 5.41) is 4.04. The fourth-order valence-corrected chi connectivity index (χ4v) is 3.74. The number of aromatic nitrogens is 2. The molecular formula is C17H14ClN3O3S. The van der Waals surface area contributed by atoms with E-state index in [9.17, 15) is 4.79 Å². The quantitative estimate of drug-likeness (QED) is 0.695. The molecule has 0 spiro atoms. The molecule has 0 N–H and O–H groups in total. The monoisotopic (exact) mass is 375 g/mol. The zero-order valence-electron chi connectivity index (χ0n) is 13.3. The number of ether oxygens (including phenoxy) is 1. The van der Waals surface area contributed by atoms with E-state index in [1.807, 2.05) is 24.3 Å². The topological polar surface area (TPSA) is 68.5 Å². The van der Waals surface area contributed by atoms with E-state index >= 15 is 0 Å². The number of halogens is 1. The van der Waals surface area contributed by atoms with Gasteiger partial charge in [0.05, 0.1) is 27.8 Å². The van der Waals surface area contributed by atoms with Gasteiger partial charge in [0, 0.05) is 13.1 Å². The third-order valence-corrected chi connectivity index (χ3v) is 5.31. The summed E-state index contributed by atoms with van der Waals surface area (Å²) in [7, 11) is 1.60. The molecule has 4 rings (SSSR count). The van der Waals surface area contributed by atoms with Crippen LogP contribution in [0.25, 0.3) is 11.4 Å². The molecule has 0 bridgehead atoms. The second kappa shape index (κ2) is 6.50. The zero-order chi connectivity index (χ0) is 17.4. The number of methoxy groups -OCH3 is 1. The first-order chi connectivity index (χ1) is 12.2. The van der Waals surface area contributed by atoms with Crippen LogP contribution in [0.4, 0.5) is 0 Å². The average Bonchev–Trinajstić information content (AvgIpc) is 3.23. The van der Waals surface area contributed by atoms with Gasteiger partial charge in [-0.15, -0.1) is 11.3 Å². The molecule has 25 heavy (non-hydrogen) atoms. The maximum atomic E-state index is 12.3. The van der Waals surface area contributed by atoms with E-state index in [2.05, 4.69) is 10.1 Å². The summed E-state index contributed by atoms with van der Waals surface area (Å²) in [5.74, 6) is 1.75. The lowest BCUT2D eigenvalue weighted by atomic mass is 10.00. The summed E-state index contributed by atoms with van der Waals surface area (Å²) in [4.78, 5) is 19.2. The van der Waals surface area contributed by atoms with Gasteiger partial charge in [-0.05, 0) is 24.3 Å². The molecule has 1 aromatic carbocycles. The number of nitrogens with zero attached hydrogens (tertiary/aromatic N) is 3. The number of hydrogen-bond acceptors (Lipinski definition) is 6. The highest BCUT2D eigenvalue weighted by Crippen LogP contribution is 2.32. The van der Waals surface area contributed by atoms with Crippen molar-refractivity contribution >= 4 is 28.8 Å². The van der Waals surface area contributed by atoms with Gasteiger partial charge in [0.15, 0.2) is 0 Å². The molecule has 3 heterocycles. The van der Waals surface area contributed by atoms with E-state index in [0.29, 0.717) is 39.8 Å². The molecule has 0 saturated carbocycles. The second-order valence-corrected chi connectivity index (χ2v) is 7.38. The maximum absolute atomic E-state index is 12.3. The first-order valence-corrected chi connectivity index (χ1v) is 8.86. The van der Waals surface area contributed by atoms with Gasteiger partial charge in [0.25, 0.3) is 5.91 Å². The van der Waals surface area contributed by atoms with Crippen LogP contribution in [0.15, 0.2) is 40.9 Å². The highest BCUT2D eigenvalue weighted by Gasteiger charge is 2.36. The molecular weight excluding hydrogens is 362 g/mol. The Morgan fingerprint density at radius 2 is 2.12 bits per heavy atom. The molecule has 2 aromatic heterocycles.